The van der Waals surface area contributed by atoms with Crippen LogP contribution in [0.5, 0.6) is 0 Å². The molecule has 0 aliphatic heterocycles. The van der Waals surface area contributed by atoms with Gasteiger partial charge in [0.2, 0.25) is 0 Å². The lowest BCUT2D eigenvalue weighted by Gasteiger charge is -2.10. The molecule has 0 radical (unpaired) electrons. The van der Waals surface area contributed by atoms with Crippen molar-refractivity contribution in [1.82, 2.24) is 4.98 Å². The number of aliphatic hydroxyl groups excluding tert-OH is 1. The van der Waals surface area contributed by atoms with E-state index in [1.54, 1.807) is 12.4 Å². The molecule has 0 bridgehead atoms. The molecule has 2 nitrogen and oxygen atoms in total. The van der Waals surface area contributed by atoms with Gasteiger partial charge in [0.15, 0.2) is 0 Å². The number of pyridine rings is 1. The molecule has 1 aromatic carbocycles. The van der Waals surface area contributed by atoms with E-state index in [1.165, 1.54) is 11.1 Å². The summed E-state index contributed by atoms with van der Waals surface area (Å²) in [5.41, 5.74) is 3.55. The summed E-state index contributed by atoms with van der Waals surface area (Å²) in [5, 5.41) is 10.3. The van der Waals surface area contributed by atoms with Crippen LogP contribution in [0.4, 0.5) is 0 Å². The molecule has 92 valence electrons. The van der Waals surface area contributed by atoms with E-state index in [-0.39, 0.29) is 6.10 Å². The van der Waals surface area contributed by atoms with Crippen LogP contribution in [0.1, 0.15) is 35.1 Å². The molecule has 1 aliphatic rings. The Balaban J connectivity index is 1.72. The number of benzene rings is 1. The number of hydrogen-bond acceptors (Lipinski definition) is 2. The van der Waals surface area contributed by atoms with Gasteiger partial charge in [0.1, 0.15) is 0 Å². The fraction of sp³-hybridized carbons (Fsp3) is 0.312. The molecule has 3 rings (SSSR count). The summed E-state index contributed by atoms with van der Waals surface area (Å²) in [4.78, 5) is 4.07. The van der Waals surface area contributed by atoms with Gasteiger partial charge in [0, 0.05) is 12.4 Å². The second-order valence-corrected chi connectivity index (χ2v) is 5.15. The van der Waals surface area contributed by atoms with E-state index in [1.807, 2.05) is 12.1 Å². The summed E-state index contributed by atoms with van der Waals surface area (Å²) in [6, 6.07) is 12.5. The van der Waals surface area contributed by atoms with Crippen molar-refractivity contribution in [2.24, 2.45) is 5.92 Å². The third kappa shape index (κ3) is 2.16. The van der Waals surface area contributed by atoms with E-state index >= 15 is 0 Å². The molecule has 0 amide bonds. The number of aryl methyl sites for hydroxylation is 1. The molecule has 1 heterocycles. The zero-order valence-corrected chi connectivity index (χ0v) is 10.5. The normalized spacial score (nSPS) is 23.7. The highest BCUT2D eigenvalue weighted by atomic mass is 16.3. The van der Waals surface area contributed by atoms with E-state index in [0.717, 1.165) is 12.0 Å². The lowest BCUT2D eigenvalue weighted by Crippen LogP contribution is -2.01. The molecule has 2 heteroatoms. The highest BCUT2D eigenvalue weighted by molar-refractivity contribution is 5.31. The minimum atomic E-state index is -0.384. The van der Waals surface area contributed by atoms with Crippen molar-refractivity contribution in [3.63, 3.8) is 0 Å². The van der Waals surface area contributed by atoms with Crippen LogP contribution in [0, 0.1) is 12.8 Å². The molecule has 0 unspecified atom stereocenters. The van der Waals surface area contributed by atoms with Crippen molar-refractivity contribution in [3.05, 3.63) is 65.5 Å². The Morgan fingerprint density at radius 2 is 2.00 bits per heavy atom. The van der Waals surface area contributed by atoms with Crippen LogP contribution < -0.4 is 0 Å². The van der Waals surface area contributed by atoms with Crippen LogP contribution in [0.3, 0.4) is 0 Å². The summed E-state index contributed by atoms with van der Waals surface area (Å²) in [5.74, 6) is 0.845. The number of aliphatic hydroxyl groups is 1. The van der Waals surface area contributed by atoms with Gasteiger partial charge in [-0.15, -0.1) is 0 Å². The standard InChI is InChI=1S/C16H17NO/c1-11-4-6-12(7-5-11)14-9-15(14)16(18)13-3-2-8-17-10-13/h2-8,10,14-16,18H,9H2,1H3/t14-,15+,16-/m1/s1. The number of nitrogens with zero attached hydrogens (tertiary/aromatic N) is 1. The Kier molecular flexibility index (Phi) is 2.88. The number of rotatable bonds is 3. The van der Waals surface area contributed by atoms with Crippen molar-refractivity contribution >= 4 is 0 Å². The average Bonchev–Trinajstić information content (AvgIpc) is 3.20. The molecule has 0 spiro atoms. The van der Waals surface area contributed by atoms with Gasteiger partial charge in [0.25, 0.3) is 0 Å². The zero-order valence-electron chi connectivity index (χ0n) is 10.5. The fourth-order valence-electron chi connectivity index (χ4n) is 2.56. The predicted octanol–water partition coefficient (Wildman–Crippen LogP) is 3.23. The highest BCUT2D eigenvalue weighted by Gasteiger charge is 2.43. The van der Waals surface area contributed by atoms with Gasteiger partial charge in [0.05, 0.1) is 6.10 Å². The van der Waals surface area contributed by atoms with Gasteiger partial charge in [-0.05, 0) is 42.4 Å². The minimum Gasteiger partial charge on any atom is -0.388 e. The molecule has 18 heavy (non-hydrogen) atoms. The summed E-state index contributed by atoms with van der Waals surface area (Å²) in [7, 11) is 0. The molecule has 1 saturated carbocycles. The first-order valence-corrected chi connectivity index (χ1v) is 6.40. The predicted molar refractivity (Wildman–Crippen MR) is 71.2 cm³/mol. The smallest absolute Gasteiger partial charge is 0.0839 e. The lowest BCUT2D eigenvalue weighted by atomic mass is 10.0. The van der Waals surface area contributed by atoms with E-state index in [2.05, 4.69) is 36.2 Å². The Morgan fingerprint density at radius 1 is 1.22 bits per heavy atom. The third-order valence-electron chi connectivity index (χ3n) is 3.78. The lowest BCUT2D eigenvalue weighted by molar-refractivity contribution is 0.151. The van der Waals surface area contributed by atoms with Gasteiger partial charge in [-0.25, -0.2) is 0 Å². The SMILES string of the molecule is Cc1ccc([C@H]2C[C@@H]2[C@H](O)c2cccnc2)cc1. The molecular weight excluding hydrogens is 222 g/mol. The summed E-state index contributed by atoms with van der Waals surface area (Å²) < 4.78 is 0. The molecule has 2 aromatic rings. The molecule has 1 fully saturated rings. The monoisotopic (exact) mass is 239 g/mol. The van der Waals surface area contributed by atoms with Gasteiger partial charge in [-0.3, -0.25) is 4.98 Å². The maximum Gasteiger partial charge on any atom is 0.0839 e. The maximum atomic E-state index is 10.3. The Bertz CT molecular complexity index is 521. The van der Waals surface area contributed by atoms with Gasteiger partial charge < -0.3 is 5.11 Å². The van der Waals surface area contributed by atoms with Gasteiger partial charge in [-0.2, -0.15) is 0 Å². The Hall–Kier alpha value is -1.67. The largest absolute Gasteiger partial charge is 0.388 e. The molecule has 3 atom stereocenters. The quantitative estimate of drug-likeness (QED) is 0.892. The van der Waals surface area contributed by atoms with Crippen molar-refractivity contribution in [1.29, 1.82) is 0 Å². The molecule has 1 aromatic heterocycles. The molecule has 1 N–H and O–H groups in total. The molecule has 0 saturated heterocycles. The van der Waals surface area contributed by atoms with Gasteiger partial charge in [-0.1, -0.05) is 35.9 Å². The summed E-state index contributed by atoms with van der Waals surface area (Å²) in [6.07, 6.45) is 4.18. The average molecular weight is 239 g/mol. The third-order valence-corrected chi connectivity index (χ3v) is 3.78. The first-order chi connectivity index (χ1) is 8.75. The van der Waals surface area contributed by atoms with Crippen LogP contribution >= 0.6 is 0 Å². The highest BCUT2D eigenvalue weighted by Crippen LogP contribution is 2.53. The maximum absolute atomic E-state index is 10.3. The van der Waals surface area contributed by atoms with E-state index in [4.69, 9.17) is 0 Å². The zero-order chi connectivity index (χ0) is 12.5. The van der Waals surface area contributed by atoms with Crippen molar-refractivity contribution in [2.75, 3.05) is 0 Å². The minimum absolute atomic E-state index is 0.344. The van der Waals surface area contributed by atoms with Crippen LogP contribution in [0.25, 0.3) is 0 Å². The van der Waals surface area contributed by atoms with Crippen LogP contribution in [-0.2, 0) is 0 Å². The van der Waals surface area contributed by atoms with Crippen molar-refractivity contribution in [3.8, 4) is 0 Å². The van der Waals surface area contributed by atoms with Crippen molar-refractivity contribution < 1.29 is 5.11 Å². The fourth-order valence-corrected chi connectivity index (χ4v) is 2.56. The van der Waals surface area contributed by atoms with Crippen LogP contribution in [0.2, 0.25) is 0 Å². The van der Waals surface area contributed by atoms with Crippen molar-refractivity contribution in [2.45, 2.75) is 25.4 Å². The molecular formula is C16H17NO. The Morgan fingerprint density at radius 3 is 2.67 bits per heavy atom. The number of aromatic nitrogens is 1. The molecule has 1 aliphatic carbocycles. The van der Waals surface area contributed by atoms with E-state index in [9.17, 15) is 5.11 Å². The topological polar surface area (TPSA) is 33.1 Å². The van der Waals surface area contributed by atoms with E-state index < -0.39 is 0 Å². The Labute approximate surface area is 107 Å². The van der Waals surface area contributed by atoms with E-state index in [0.29, 0.717) is 11.8 Å². The second kappa shape index (κ2) is 4.54. The number of hydrogen-bond donors (Lipinski definition) is 1. The first kappa shape index (κ1) is 11.4. The summed E-state index contributed by atoms with van der Waals surface area (Å²) >= 11 is 0. The van der Waals surface area contributed by atoms with Gasteiger partial charge >= 0.3 is 0 Å². The van der Waals surface area contributed by atoms with Crippen LogP contribution in [-0.4, -0.2) is 10.1 Å². The first-order valence-electron chi connectivity index (χ1n) is 6.40. The summed E-state index contributed by atoms with van der Waals surface area (Å²) in [6.45, 7) is 2.10. The second-order valence-electron chi connectivity index (χ2n) is 5.15. The van der Waals surface area contributed by atoms with Crippen LogP contribution in [0.15, 0.2) is 48.8 Å².